The van der Waals surface area contributed by atoms with Crippen LogP contribution in [0.25, 0.3) is 0 Å². The van der Waals surface area contributed by atoms with Crippen LogP contribution in [0.2, 0.25) is 0 Å². The van der Waals surface area contributed by atoms with E-state index in [0.29, 0.717) is 19.5 Å². The maximum absolute atomic E-state index is 13.2. The number of rotatable bonds is 6. The highest BCUT2D eigenvalue weighted by Gasteiger charge is 2.36. The molecular formula is C23H26ClFN4O. The van der Waals surface area contributed by atoms with Gasteiger partial charge >= 0.3 is 0 Å². The molecule has 1 aliphatic rings. The van der Waals surface area contributed by atoms with Gasteiger partial charge in [0.1, 0.15) is 5.82 Å². The second-order valence-electron chi connectivity index (χ2n) is 8.19. The van der Waals surface area contributed by atoms with Gasteiger partial charge in [-0.05, 0) is 49.1 Å². The number of pyridine rings is 1. The van der Waals surface area contributed by atoms with E-state index in [0.717, 1.165) is 34.8 Å². The molecule has 3 aromatic rings. The van der Waals surface area contributed by atoms with Gasteiger partial charge in [-0.15, -0.1) is 12.4 Å². The quantitative estimate of drug-likeness (QED) is 0.644. The number of aliphatic hydroxyl groups is 1. The Morgan fingerprint density at radius 2 is 1.80 bits per heavy atom. The molecule has 3 heterocycles. The minimum atomic E-state index is -0.643. The molecule has 5 nitrogen and oxygen atoms in total. The predicted molar refractivity (Wildman–Crippen MR) is 118 cm³/mol. The van der Waals surface area contributed by atoms with E-state index >= 15 is 0 Å². The summed E-state index contributed by atoms with van der Waals surface area (Å²) in [5.74, 6) is -0.0145. The van der Waals surface area contributed by atoms with E-state index < -0.39 is 5.60 Å². The summed E-state index contributed by atoms with van der Waals surface area (Å²) in [6.45, 7) is 5.18. The van der Waals surface area contributed by atoms with Gasteiger partial charge in [0, 0.05) is 55.2 Å². The van der Waals surface area contributed by atoms with Crippen molar-refractivity contribution in [2.45, 2.75) is 38.2 Å². The summed E-state index contributed by atoms with van der Waals surface area (Å²) < 4.78 is 13.2. The molecule has 1 aromatic carbocycles. The van der Waals surface area contributed by atoms with Gasteiger partial charge in [0.05, 0.1) is 11.3 Å². The van der Waals surface area contributed by atoms with Gasteiger partial charge in [-0.25, -0.2) is 4.39 Å². The van der Waals surface area contributed by atoms with Crippen molar-refractivity contribution in [1.29, 1.82) is 0 Å². The van der Waals surface area contributed by atoms with Crippen LogP contribution >= 0.6 is 12.4 Å². The molecule has 158 valence electrons. The lowest BCUT2D eigenvalue weighted by molar-refractivity contribution is 0.0310. The van der Waals surface area contributed by atoms with E-state index in [-0.39, 0.29) is 24.1 Å². The van der Waals surface area contributed by atoms with Gasteiger partial charge in [0.2, 0.25) is 0 Å². The molecule has 0 amide bonds. The molecule has 0 saturated carbocycles. The Hall–Kier alpha value is -2.57. The number of anilines is 1. The second-order valence-corrected chi connectivity index (χ2v) is 8.19. The molecule has 0 bridgehead atoms. The maximum Gasteiger partial charge on any atom is 0.123 e. The highest BCUT2D eigenvalue weighted by atomic mass is 35.5. The van der Waals surface area contributed by atoms with Crippen LogP contribution in [0, 0.1) is 5.82 Å². The molecule has 1 N–H and O–H groups in total. The molecule has 2 aromatic heterocycles. The molecule has 1 fully saturated rings. The monoisotopic (exact) mass is 428 g/mol. The van der Waals surface area contributed by atoms with E-state index in [1.54, 1.807) is 18.6 Å². The number of β-amino-alcohol motifs (C(OH)–C–C–N with tert-alkyl or cyclic N) is 1. The fraction of sp³-hybridized carbons (Fsp3) is 0.348. The molecule has 0 spiro atoms. The molecule has 1 aliphatic heterocycles. The molecule has 30 heavy (non-hydrogen) atoms. The first-order valence-electron chi connectivity index (χ1n) is 9.85. The van der Waals surface area contributed by atoms with Crippen molar-refractivity contribution in [2.24, 2.45) is 0 Å². The van der Waals surface area contributed by atoms with Crippen molar-refractivity contribution in [3.05, 3.63) is 83.5 Å². The minimum absolute atomic E-state index is 0. The normalized spacial score (nSPS) is 15.8. The van der Waals surface area contributed by atoms with Crippen LogP contribution in [0.5, 0.6) is 0 Å². The third-order valence-electron chi connectivity index (χ3n) is 5.28. The van der Waals surface area contributed by atoms with Crippen LogP contribution in [0.1, 0.15) is 42.4 Å². The first-order valence-corrected chi connectivity index (χ1v) is 9.85. The van der Waals surface area contributed by atoms with Crippen LogP contribution < -0.4 is 4.90 Å². The minimum Gasteiger partial charge on any atom is -0.386 e. The molecule has 4 rings (SSSR count). The molecular weight excluding hydrogens is 403 g/mol. The van der Waals surface area contributed by atoms with Crippen LogP contribution in [0.15, 0.2) is 55.0 Å². The lowest BCUT2D eigenvalue weighted by atomic mass is 9.94. The van der Waals surface area contributed by atoms with E-state index in [1.165, 1.54) is 12.1 Å². The van der Waals surface area contributed by atoms with Crippen LogP contribution in [0.3, 0.4) is 0 Å². The average molecular weight is 429 g/mol. The summed E-state index contributed by atoms with van der Waals surface area (Å²) in [5, 5.41) is 10.1. The highest BCUT2D eigenvalue weighted by Crippen LogP contribution is 2.30. The van der Waals surface area contributed by atoms with E-state index in [2.05, 4.69) is 33.9 Å². The molecule has 0 radical (unpaired) electrons. The number of halogens is 2. The van der Waals surface area contributed by atoms with Gasteiger partial charge in [0.25, 0.3) is 0 Å². The summed E-state index contributed by atoms with van der Waals surface area (Å²) in [7, 11) is 0. The van der Waals surface area contributed by atoms with Gasteiger partial charge in [-0.2, -0.15) is 0 Å². The fourth-order valence-electron chi connectivity index (χ4n) is 3.80. The van der Waals surface area contributed by atoms with Gasteiger partial charge in [-0.1, -0.05) is 19.1 Å². The molecule has 1 atom stereocenters. The summed E-state index contributed by atoms with van der Waals surface area (Å²) >= 11 is 0. The first-order chi connectivity index (χ1) is 13.9. The summed E-state index contributed by atoms with van der Waals surface area (Å²) in [6, 6.07) is 10.8. The Morgan fingerprint density at radius 1 is 1.10 bits per heavy atom. The number of nitrogens with zero attached hydrogens (tertiary/aromatic N) is 4. The van der Waals surface area contributed by atoms with Crippen molar-refractivity contribution in [1.82, 2.24) is 15.0 Å². The van der Waals surface area contributed by atoms with Crippen LogP contribution in [-0.4, -0.2) is 38.7 Å². The largest absolute Gasteiger partial charge is 0.386 e. The SMILES string of the molecule is C[C@H](Cc1cc(N2CC(C)(O)C2)cc(Cc2cnccn2)n1)c1ccc(F)cc1.Cl. The number of benzene rings is 1. The maximum atomic E-state index is 13.2. The van der Waals surface area contributed by atoms with Gasteiger partial charge in [0.15, 0.2) is 0 Å². The van der Waals surface area contributed by atoms with Gasteiger partial charge < -0.3 is 10.0 Å². The standard InChI is InChI=1S/C23H25FN4O.ClH/c1-16(17-3-5-18(24)6-4-17)9-19-11-22(28-14-23(2,29)15-28)12-20(27-19)10-21-13-25-7-8-26-21;/h3-8,11-13,16,29H,9-10,14-15H2,1-2H3;1H/t16-;/m1./s1. The Kier molecular flexibility index (Phi) is 6.68. The Bertz CT molecular complexity index is 974. The molecule has 0 aliphatic carbocycles. The molecule has 7 heteroatoms. The molecule has 1 saturated heterocycles. The summed E-state index contributed by atoms with van der Waals surface area (Å²) in [4.78, 5) is 15.5. The topological polar surface area (TPSA) is 62.1 Å². The smallest absolute Gasteiger partial charge is 0.123 e. The number of hydrogen-bond donors (Lipinski definition) is 1. The summed E-state index contributed by atoms with van der Waals surface area (Å²) in [6.07, 6.45) is 6.44. The number of hydrogen-bond acceptors (Lipinski definition) is 5. The van der Waals surface area contributed by atoms with E-state index in [4.69, 9.17) is 4.98 Å². The number of aromatic nitrogens is 3. The zero-order valence-corrected chi connectivity index (χ0v) is 17.9. The lowest BCUT2D eigenvalue weighted by Crippen LogP contribution is -2.60. The fourth-order valence-corrected chi connectivity index (χ4v) is 3.80. The zero-order chi connectivity index (χ0) is 20.4. The van der Waals surface area contributed by atoms with Crippen molar-refractivity contribution in [2.75, 3.05) is 18.0 Å². The summed E-state index contributed by atoms with van der Waals surface area (Å²) in [5.41, 5.74) is 4.27. The highest BCUT2D eigenvalue weighted by molar-refractivity contribution is 5.85. The van der Waals surface area contributed by atoms with Crippen molar-refractivity contribution in [3.63, 3.8) is 0 Å². The zero-order valence-electron chi connectivity index (χ0n) is 17.1. The predicted octanol–water partition coefficient (Wildman–Crippen LogP) is 3.94. The van der Waals surface area contributed by atoms with Crippen molar-refractivity contribution in [3.8, 4) is 0 Å². The Morgan fingerprint density at radius 3 is 2.43 bits per heavy atom. The second kappa shape index (κ2) is 9.06. The van der Waals surface area contributed by atoms with Crippen LogP contribution in [-0.2, 0) is 12.8 Å². The Balaban J connectivity index is 0.00000256. The van der Waals surface area contributed by atoms with Crippen molar-refractivity contribution >= 4 is 18.1 Å². The third kappa shape index (κ3) is 5.32. The lowest BCUT2D eigenvalue weighted by Gasteiger charge is -2.46. The molecule has 0 unspecified atom stereocenters. The van der Waals surface area contributed by atoms with Gasteiger partial charge in [-0.3, -0.25) is 15.0 Å². The van der Waals surface area contributed by atoms with Crippen LogP contribution in [0.4, 0.5) is 10.1 Å². The average Bonchev–Trinajstić information content (AvgIpc) is 2.67. The Labute approximate surface area is 182 Å². The van der Waals surface area contributed by atoms with E-state index in [9.17, 15) is 9.50 Å². The van der Waals surface area contributed by atoms with E-state index in [1.807, 2.05) is 19.1 Å². The third-order valence-corrected chi connectivity index (χ3v) is 5.28. The first kappa shape index (κ1) is 22.1. The van der Waals surface area contributed by atoms with Crippen molar-refractivity contribution < 1.29 is 9.50 Å².